The van der Waals surface area contributed by atoms with Gasteiger partial charge in [-0.1, -0.05) is 0 Å². The monoisotopic (exact) mass is 197 g/mol. The third-order valence-electron chi connectivity index (χ3n) is 1.37. The van der Waals surface area contributed by atoms with Crippen molar-refractivity contribution in [2.75, 3.05) is 26.1 Å². The van der Waals surface area contributed by atoms with E-state index in [1.807, 2.05) is 0 Å². The maximum absolute atomic E-state index is 11.0. The molecule has 1 aromatic rings. The lowest BCUT2D eigenvalue weighted by Gasteiger charge is -2.03. The number of carbonyl (C=O) groups excluding carboxylic acids is 1. The Morgan fingerprint density at radius 2 is 2.07 bits per heavy atom. The maximum atomic E-state index is 11.0. The first-order valence-electron chi connectivity index (χ1n) is 3.91. The van der Waals surface area contributed by atoms with Gasteiger partial charge in [0.25, 0.3) is 0 Å². The predicted molar refractivity (Wildman–Crippen MR) is 49.1 cm³/mol. The highest BCUT2D eigenvalue weighted by Crippen LogP contribution is 2.06. The minimum absolute atomic E-state index is 0.00598. The lowest BCUT2D eigenvalue weighted by atomic mass is 10.5. The first kappa shape index (κ1) is 10.4. The highest BCUT2D eigenvalue weighted by atomic mass is 16.5. The topological polar surface area (TPSA) is 73.3 Å². The minimum atomic E-state index is -0.249. The van der Waals surface area contributed by atoms with Gasteiger partial charge in [0.05, 0.1) is 25.2 Å². The number of methoxy groups -OCH3 is 2. The van der Waals surface area contributed by atoms with Crippen molar-refractivity contribution < 1.29 is 14.3 Å². The number of hydrogen-bond donors (Lipinski definition) is 1. The lowest BCUT2D eigenvalue weighted by Crippen LogP contribution is -2.17. The number of aromatic nitrogens is 2. The van der Waals surface area contributed by atoms with Crippen LogP contribution in [0, 0.1) is 0 Å². The van der Waals surface area contributed by atoms with Gasteiger partial charge in [0.2, 0.25) is 5.91 Å². The molecule has 6 heteroatoms. The fourth-order valence-electron chi connectivity index (χ4n) is 0.814. The van der Waals surface area contributed by atoms with Gasteiger partial charge in [0.15, 0.2) is 0 Å². The van der Waals surface area contributed by atoms with Gasteiger partial charge in [-0.05, 0) is 0 Å². The standard InChI is InChI=1S/C8H11N3O3/c1-13-5-7(12)11-6-3-9-8(14-2)10-4-6/h3-4H,5H2,1-2H3,(H,11,12). The molecule has 0 spiro atoms. The Kier molecular flexibility index (Phi) is 3.81. The summed E-state index contributed by atoms with van der Waals surface area (Å²) in [4.78, 5) is 18.7. The summed E-state index contributed by atoms with van der Waals surface area (Å²) in [6.07, 6.45) is 2.92. The van der Waals surface area contributed by atoms with Gasteiger partial charge in [0, 0.05) is 7.11 Å². The smallest absolute Gasteiger partial charge is 0.316 e. The van der Waals surface area contributed by atoms with E-state index in [4.69, 9.17) is 4.74 Å². The molecular weight excluding hydrogens is 186 g/mol. The molecule has 0 unspecified atom stereocenters. The van der Waals surface area contributed by atoms with Crippen LogP contribution in [0.4, 0.5) is 5.69 Å². The Morgan fingerprint density at radius 1 is 1.43 bits per heavy atom. The number of amides is 1. The molecule has 0 bridgehead atoms. The summed E-state index contributed by atoms with van der Waals surface area (Å²) in [5.41, 5.74) is 0.507. The molecule has 76 valence electrons. The molecule has 0 aliphatic heterocycles. The average molecular weight is 197 g/mol. The third kappa shape index (κ3) is 2.98. The van der Waals surface area contributed by atoms with Crippen molar-refractivity contribution in [3.63, 3.8) is 0 Å². The molecule has 0 aromatic carbocycles. The Labute approximate surface area is 81.3 Å². The van der Waals surface area contributed by atoms with Gasteiger partial charge in [-0.3, -0.25) is 4.79 Å². The van der Waals surface area contributed by atoms with Gasteiger partial charge in [-0.25, -0.2) is 9.97 Å². The van der Waals surface area contributed by atoms with E-state index in [1.165, 1.54) is 26.6 Å². The minimum Gasteiger partial charge on any atom is -0.467 e. The molecule has 0 saturated carbocycles. The Hall–Kier alpha value is -1.69. The van der Waals surface area contributed by atoms with E-state index < -0.39 is 0 Å². The van der Waals surface area contributed by atoms with E-state index in [2.05, 4.69) is 20.0 Å². The molecule has 0 aliphatic carbocycles. The number of nitrogens with zero attached hydrogens (tertiary/aromatic N) is 2. The Bertz CT molecular complexity index is 299. The number of nitrogens with one attached hydrogen (secondary N) is 1. The second-order valence-corrected chi connectivity index (χ2v) is 2.44. The van der Waals surface area contributed by atoms with E-state index >= 15 is 0 Å². The number of carbonyl (C=O) groups is 1. The van der Waals surface area contributed by atoms with Crippen LogP contribution in [-0.4, -0.2) is 36.7 Å². The fourth-order valence-corrected chi connectivity index (χ4v) is 0.814. The zero-order valence-corrected chi connectivity index (χ0v) is 7.98. The Balaban J connectivity index is 2.55. The molecule has 0 atom stereocenters. The van der Waals surface area contributed by atoms with Gasteiger partial charge in [-0.15, -0.1) is 0 Å². The second kappa shape index (κ2) is 5.13. The first-order chi connectivity index (χ1) is 6.76. The first-order valence-corrected chi connectivity index (χ1v) is 3.91. The summed E-state index contributed by atoms with van der Waals surface area (Å²) in [6.45, 7) is 0.00598. The normalized spacial score (nSPS) is 9.57. The summed E-state index contributed by atoms with van der Waals surface area (Å²) < 4.78 is 9.41. The van der Waals surface area contributed by atoms with Crippen molar-refractivity contribution in [2.24, 2.45) is 0 Å². The highest BCUT2D eigenvalue weighted by Gasteiger charge is 2.02. The van der Waals surface area contributed by atoms with Gasteiger partial charge < -0.3 is 14.8 Å². The van der Waals surface area contributed by atoms with E-state index in [9.17, 15) is 4.79 Å². The largest absolute Gasteiger partial charge is 0.467 e. The zero-order valence-electron chi connectivity index (χ0n) is 7.98. The molecule has 0 radical (unpaired) electrons. The van der Waals surface area contributed by atoms with Crippen molar-refractivity contribution in [1.29, 1.82) is 0 Å². The van der Waals surface area contributed by atoms with Crippen LogP contribution < -0.4 is 10.1 Å². The number of anilines is 1. The molecule has 1 N–H and O–H groups in total. The van der Waals surface area contributed by atoms with Crippen LogP contribution in [0.1, 0.15) is 0 Å². The van der Waals surface area contributed by atoms with Gasteiger partial charge >= 0.3 is 6.01 Å². The summed E-state index contributed by atoms with van der Waals surface area (Å²) in [6, 6.07) is 0.259. The van der Waals surface area contributed by atoms with Crippen LogP contribution >= 0.6 is 0 Å². The molecule has 1 amide bonds. The van der Waals surface area contributed by atoms with E-state index in [0.717, 1.165) is 0 Å². The maximum Gasteiger partial charge on any atom is 0.316 e. The van der Waals surface area contributed by atoms with Crippen molar-refractivity contribution in [3.05, 3.63) is 12.4 Å². The molecule has 1 rings (SSSR count). The van der Waals surface area contributed by atoms with E-state index in [-0.39, 0.29) is 18.5 Å². The zero-order chi connectivity index (χ0) is 10.4. The van der Waals surface area contributed by atoms with Crippen LogP contribution in [0.25, 0.3) is 0 Å². The summed E-state index contributed by atoms with van der Waals surface area (Å²) in [7, 11) is 2.92. The van der Waals surface area contributed by atoms with Gasteiger partial charge in [-0.2, -0.15) is 0 Å². The molecule has 14 heavy (non-hydrogen) atoms. The van der Waals surface area contributed by atoms with Crippen LogP contribution in [0.2, 0.25) is 0 Å². The molecule has 0 fully saturated rings. The quantitative estimate of drug-likeness (QED) is 0.739. The summed E-state index contributed by atoms with van der Waals surface area (Å²) in [5, 5.41) is 2.55. The van der Waals surface area contributed by atoms with E-state index in [1.54, 1.807) is 0 Å². The average Bonchev–Trinajstić information content (AvgIpc) is 2.19. The summed E-state index contributed by atoms with van der Waals surface area (Å²) in [5.74, 6) is -0.249. The SMILES string of the molecule is COCC(=O)Nc1cnc(OC)nc1. The van der Waals surface area contributed by atoms with Crippen LogP contribution in [0.3, 0.4) is 0 Å². The molecule has 1 aromatic heterocycles. The predicted octanol–water partition coefficient (Wildman–Crippen LogP) is 0.0701. The number of hydrogen-bond acceptors (Lipinski definition) is 5. The number of ether oxygens (including phenoxy) is 2. The van der Waals surface area contributed by atoms with Crippen molar-refractivity contribution in [3.8, 4) is 6.01 Å². The molecule has 6 nitrogen and oxygen atoms in total. The van der Waals surface area contributed by atoms with Crippen LogP contribution in [0.15, 0.2) is 12.4 Å². The molecule has 0 aliphatic rings. The molecule has 0 saturated heterocycles. The molecular formula is C8H11N3O3. The lowest BCUT2D eigenvalue weighted by molar-refractivity contribution is -0.119. The molecule has 1 heterocycles. The fraction of sp³-hybridized carbons (Fsp3) is 0.375. The van der Waals surface area contributed by atoms with Crippen LogP contribution in [0.5, 0.6) is 6.01 Å². The highest BCUT2D eigenvalue weighted by molar-refractivity contribution is 5.91. The third-order valence-corrected chi connectivity index (χ3v) is 1.37. The van der Waals surface area contributed by atoms with E-state index in [0.29, 0.717) is 5.69 Å². The van der Waals surface area contributed by atoms with Crippen LogP contribution in [-0.2, 0) is 9.53 Å². The van der Waals surface area contributed by atoms with Crippen molar-refractivity contribution in [2.45, 2.75) is 0 Å². The summed E-state index contributed by atoms with van der Waals surface area (Å²) >= 11 is 0. The van der Waals surface area contributed by atoms with Crippen molar-refractivity contribution in [1.82, 2.24) is 9.97 Å². The van der Waals surface area contributed by atoms with Gasteiger partial charge in [0.1, 0.15) is 6.61 Å². The number of rotatable bonds is 4. The van der Waals surface area contributed by atoms with Crippen molar-refractivity contribution >= 4 is 11.6 Å². The second-order valence-electron chi connectivity index (χ2n) is 2.44. The Morgan fingerprint density at radius 3 is 2.57 bits per heavy atom.